The molecule has 47 heavy (non-hydrogen) atoms. The lowest BCUT2D eigenvalue weighted by atomic mass is 9.43. The predicted molar refractivity (Wildman–Crippen MR) is 192 cm³/mol. The average molecular weight is 881 g/mol. The lowest BCUT2D eigenvalue weighted by molar-refractivity contribution is -0.207. The van der Waals surface area contributed by atoms with Crippen molar-refractivity contribution in [1.82, 2.24) is 10.6 Å². The number of amides is 2. The van der Waals surface area contributed by atoms with Gasteiger partial charge in [-0.15, -0.1) is 0 Å². The minimum absolute atomic E-state index is 0.0207. The molecule has 4 saturated carbocycles. The molecule has 12 atom stereocenters. The molecule has 12 heteroatoms. The molecule has 4 fully saturated rings. The molecule has 4 aliphatic rings. The Morgan fingerprint density at radius 1 is 0.979 bits per heavy atom. The van der Waals surface area contributed by atoms with Gasteiger partial charge in [-0.25, -0.2) is 4.79 Å². The van der Waals surface area contributed by atoms with Crippen molar-refractivity contribution in [3.63, 3.8) is 0 Å². The first kappa shape index (κ1) is 37.0. The summed E-state index contributed by atoms with van der Waals surface area (Å²) in [4.78, 5) is 37.3. The van der Waals surface area contributed by atoms with Crippen LogP contribution in [0.25, 0.3) is 0 Å². The Kier molecular flexibility index (Phi) is 11.5. The van der Waals surface area contributed by atoms with Gasteiger partial charge < -0.3 is 36.2 Å². The normalized spacial score (nSPS) is 37.5. The van der Waals surface area contributed by atoms with Crippen molar-refractivity contribution >= 4 is 63.0 Å². The number of aliphatic hydroxyl groups excluding tert-OH is 3. The molecule has 1 aromatic carbocycles. The number of nitrogens with one attached hydrogen (secondary N) is 2. The summed E-state index contributed by atoms with van der Waals surface area (Å²) in [6.45, 7) is 6.33. The molecule has 0 radical (unpaired) electrons. The minimum atomic E-state index is -1.19. The molecule has 0 unspecified atom stereocenters. The summed E-state index contributed by atoms with van der Waals surface area (Å²) >= 11 is 3.98. The third-order valence-corrected chi connectivity index (χ3v) is 14.8. The number of fused-ring (bicyclic) bond motifs is 5. The predicted octanol–water partition coefficient (Wildman–Crippen LogP) is 4.21. The van der Waals surface area contributed by atoms with Crippen molar-refractivity contribution in [3.8, 4) is 5.75 Å². The van der Waals surface area contributed by atoms with Gasteiger partial charge in [-0.1, -0.05) is 20.8 Å². The summed E-state index contributed by atoms with van der Waals surface area (Å²) in [6.07, 6.45) is 5.34. The number of hydrogen-bond donors (Lipinski definition) is 7. The minimum Gasteiger partial charge on any atom is -0.507 e. The number of carboxylic acids is 1. The first-order valence-corrected chi connectivity index (χ1v) is 19.2. The Balaban J connectivity index is 1.14. The number of phenols is 1. The van der Waals surface area contributed by atoms with E-state index in [-0.39, 0.29) is 83.5 Å². The van der Waals surface area contributed by atoms with Crippen LogP contribution in [0.5, 0.6) is 5.75 Å². The highest BCUT2D eigenvalue weighted by Crippen LogP contribution is 2.68. The highest BCUT2D eigenvalue weighted by Gasteiger charge is 2.65. The molecule has 0 aromatic heterocycles. The van der Waals surface area contributed by atoms with Crippen molar-refractivity contribution < 1.29 is 39.9 Å². The maximum atomic E-state index is 12.8. The summed E-state index contributed by atoms with van der Waals surface area (Å²) in [5.41, 5.74) is 0.353. The molecular formula is C35H50I2N2O8. The molecule has 1 aromatic rings. The number of carboxylic acid groups (broad SMARTS) is 1. The number of rotatable bonds is 10. The lowest BCUT2D eigenvalue weighted by Gasteiger charge is -2.63. The van der Waals surface area contributed by atoms with Crippen LogP contribution in [0.1, 0.15) is 84.1 Å². The number of aliphatic hydroxyl groups is 3. The number of aliphatic carboxylic acids is 1. The van der Waals surface area contributed by atoms with Crippen LogP contribution >= 0.6 is 45.2 Å². The van der Waals surface area contributed by atoms with Crippen LogP contribution < -0.4 is 10.6 Å². The number of carbonyl (C=O) groups excluding carboxylic acids is 2. The number of benzene rings is 1. The summed E-state index contributed by atoms with van der Waals surface area (Å²) in [6, 6.07) is 2.05. The topological polar surface area (TPSA) is 176 Å². The van der Waals surface area contributed by atoms with Gasteiger partial charge in [0.2, 0.25) is 11.8 Å². The van der Waals surface area contributed by atoms with Crippen LogP contribution in [-0.2, 0) is 20.8 Å². The van der Waals surface area contributed by atoms with Gasteiger partial charge in [0.15, 0.2) is 0 Å². The maximum Gasteiger partial charge on any atom is 0.326 e. The Bertz CT molecular complexity index is 1360. The van der Waals surface area contributed by atoms with E-state index in [1.54, 1.807) is 12.1 Å². The number of phenolic OH excluding ortho intramolecular Hbond substituents is 1. The van der Waals surface area contributed by atoms with Crippen LogP contribution in [0.15, 0.2) is 12.1 Å². The monoisotopic (exact) mass is 880 g/mol. The second-order valence-electron chi connectivity index (χ2n) is 15.4. The van der Waals surface area contributed by atoms with Gasteiger partial charge in [0, 0.05) is 16.4 Å². The Labute approximate surface area is 304 Å². The van der Waals surface area contributed by atoms with Crippen LogP contribution in [-0.4, -0.2) is 74.2 Å². The van der Waals surface area contributed by atoms with E-state index in [2.05, 4.69) is 31.4 Å². The fraction of sp³-hybridized carbons (Fsp3) is 0.743. The van der Waals surface area contributed by atoms with E-state index in [4.69, 9.17) is 0 Å². The average Bonchev–Trinajstić information content (AvgIpc) is 3.36. The number of aromatic hydroxyl groups is 1. The molecule has 0 spiro atoms. The molecule has 7 N–H and O–H groups in total. The standard InChI is InChI=1S/C35H50I2N2O8/c1-17(4-7-30(44)38-16-31(45)39-26(33(46)47)11-18-10-25(37)27(41)15-24(18)36)21-5-6-22-32-23(14-29(43)35(21,22)3)34(2)9-8-20(40)12-19(34)13-28(32)42/h10,15,17,19-23,26,28-29,32,40-43H,4-9,11-14,16H2,1-3H3,(H,38,44)(H,39,45)(H,46,47)/t17-,19+,20-,21-,22+,23+,26+,28-,29+,32+,34+,35-/m1/s1. The Morgan fingerprint density at radius 2 is 1.70 bits per heavy atom. The zero-order chi connectivity index (χ0) is 34.4. The summed E-state index contributed by atoms with van der Waals surface area (Å²) in [5.74, 6) is -0.766. The van der Waals surface area contributed by atoms with Gasteiger partial charge in [-0.05, 0) is 161 Å². The molecule has 2 amide bonds. The van der Waals surface area contributed by atoms with E-state index >= 15 is 0 Å². The van der Waals surface area contributed by atoms with Crippen LogP contribution in [0.4, 0.5) is 0 Å². The van der Waals surface area contributed by atoms with E-state index in [0.29, 0.717) is 32.0 Å². The highest BCUT2D eigenvalue weighted by atomic mass is 127. The third kappa shape index (κ3) is 7.32. The first-order valence-electron chi connectivity index (χ1n) is 17.1. The van der Waals surface area contributed by atoms with Gasteiger partial charge in [-0.3, -0.25) is 9.59 Å². The fourth-order valence-electron chi connectivity index (χ4n) is 10.4. The van der Waals surface area contributed by atoms with Crippen LogP contribution in [0.2, 0.25) is 0 Å². The van der Waals surface area contributed by atoms with Gasteiger partial charge in [0.25, 0.3) is 0 Å². The SMILES string of the molecule is C[C@H](CCC(=O)NCC(=O)N[C@@H](Cc1cc(I)c(O)cc1I)C(=O)O)[C@H]1CC[C@H]2[C@@H]3[C@H](O)C[C@@H]4C[C@H](O)CC[C@]4(C)[C@H]3C[C@H](O)[C@]12C. The zero-order valence-electron chi connectivity index (χ0n) is 27.4. The molecule has 0 aliphatic heterocycles. The van der Waals surface area contributed by atoms with E-state index < -0.39 is 30.1 Å². The van der Waals surface area contributed by atoms with E-state index in [1.807, 2.05) is 45.2 Å². The molecular weight excluding hydrogens is 830 g/mol. The number of carbonyl (C=O) groups is 3. The van der Waals surface area contributed by atoms with Crippen molar-refractivity contribution in [1.29, 1.82) is 0 Å². The first-order chi connectivity index (χ1) is 22.1. The van der Waals surface area contributed by atoms with E-state index in [9.17, 15) is 39.9 Å². The summed E-state index contributed by atoms with van der Waals surface area (Å²) < 4.78 is 1.27. The van der Waals surface area contributed by atoms with Gasteiger partial charge >= 0.3 is 5.97 Å². The molecule has 10 nitrogen and oxygen atoms in total. The van der Waals surface area contributed by atoms with Gasteiger partial charge in [0.1, 0.15) is 11.8 Å². The summed E-state index contributed by atoms with van der Waals surface area (Å²) in [5, 5.41) is 58.4. The summed E-state index contributed by atoms with van der Waals surface area (Å²) in [7, 11) is 0. The van der Waals surface area contributed by atoms with Crippen LogP contribution in [0, 0.1) is 53.5 Å². The Morgan fingerprint density at radius 3 is 2.40 bits per heavy atom. The quantitative estimate of drug-likeness (QED) is 0.171. The fourth-order valence-corrected chi connectivity index (χ4v) is 11.6. The molecule has 262 valence electrons. The van der Waals surface area contributed by atoms with Gasteiger partial charge in [0.05, 0.1) is 28.4 Å². The van der Waals surface area contributed by atoms with Crippen molar-refractivity contribution in [2.45, 2.75) is 109 Å². The van der Waals surface area contributed by atoms with E-state index in [1.165, 1.54) is 0 Å². The number of halogens is 2. The van der Waals surface area contributed by atoms with Crippen molar-refractivity contribution in [3.05, 3.63) is 24.8 Å². The third-order valence-electron chi connectivity index (χ3n) is 13.0. The lowest BCUT2D eigenvalue weighted by Crippen LogP contribution is -2.62. The molecule has 4 aliphatic carbocycles. The second kappa shape index (κ2) is 14.6. The largest absolute Gasteiger partial charge is 0.507 e. The number of hydrogen-bond acceptors (Lipinski definition) is 7. The molecule has 0 bridgehead atoms. The van der Waals surface area contributed by atoms with Gasteiger partial charge in [-0.2, -0.15) is 0 Å². The van der Waals surface area contributed by atoms with Crippen molar-refractivity contribution in [2.75, 3.05) is 6.54 Å². The van der Waals surface area contributed by atoms with Crippen molar-refractivity contribution in [2.24, 2.45) is 46.3 Å². The Hall–Kier alpha value is -1.23. The molecule has 0 heterocycles. The molecule has 0 saturated heterocycles. The second-order valence-corrected chi connectivity index (χ2v) is 17.7. The maximum absolute atomic E-state index is 12.8. The van der Waals surface area contributed by atoms with Crippen LogP contribution in [0.3, 0.4) is 0 Å². The molecule has 5 rings (SSSR count). The zero-order valence-corrected chi connectivity index (χ0v) is 31.7. The smallest absolute Gasteiger partial charge is 0.326 e. The van der Waals surface area contributed by atoms with E-state index in [0.717, 1.165) is 32.1 Å². The highest BCUT2D eigenvalue weighted by molar-refractivity contribution is 14.1.